The number of amides is 1. The van der Waals surface area contributed by atoms with E-state index in [4.69, 9.17) is 4.74 Å². The van der Waals surface area contributed by atoms with Gasteiger partial charge in [-0.05, 0) is 30.4 Å². The summed E-state index contributed by atoms with van der Waals surface area (Å²) in [7, 11) is 0. The maximum atomic E-state index is 12.0. The van der Waals surface area contributed by atoms with E-state index in [1.807, 2.05) is 0 Å². The van der Waals surface area contributed by atoms with Gasteiger partial charge in [0.2, 0.25) is 0 Å². The van der Waals surface area contributed by atoms with E-state index in [2.05, 4.69) is 12.2 Å². The zero-order valence-electron chi connectivity index (χ0n) is 11.8. The zero-order chi connectivity index (χ0) is 15.5. The Morgan fingerprint density at radius 1 is 1.48 bits per heavy atom. The molecule has 0 aliphatic carbocycles. The fourth-order valence-electron chi connectivity index (χ4n) is 2.26. The van der Waals surface area contributed by atoms with Crippen LogP contribution in [0.25, 0.3) is 0 Å². The van der Waals surface area contributed by atoms with Gasteiger partial charge in [0.15, 0.2) is 5.75 Å². The predicted octanol–water partition coefficient (Wildman–Crippen LogP) is 1.85. The Kier molecular flexibility index (Phi) is 4.42. The van der Waals surface area contributed by atoms with Crippen LogP contribution in [0.3, 0.4) is 0 Å². The molecule has 0 aromatic heterocycles. The number of nitrogens with one attached hydrogen (secondary N) is 1. The Bertz CT molecular complexity index is 552. The van der Waals surface area contributed by atoms with E-state index in [-0.39, 0.29) is 16.9 Å². The number of rotatable bonds is 4. The van der Waals surface area contributed by atoms with Gasteiger partial charge in [-0.25, -0.2) is 0 Å². The van der Waals surface area contributed by atoms with Crippen molar-refractivity contribution in [1.82, 2.24) is 5.32 Å². The van der Waals surface area contributed by atoms with Gasteiger partial charge in [0, 0.05) is 31.4 Å². The van der Waals surface area contributed by atoms with Crippen molar-refractivity contribution in [2.45, 2.75) is 19.8 Å². The Balaban J connectivity index is 2.00. The summed E-state index contributed by atoms with van der Waals surface area (Å²) in [6.07, 6.45) is 1.75. The van der Waals surface area contributed by atoms with Crippen LogP contribution in [0.1, 0.15) is 30.1 Å². The van der Waals surface area contributed by atoms with Gasteiger partial charge in [-0.3, -0.25) is 14.9 Å². The lowest BCUT2D eigenvalue weighted by molar-refractivity contribution is -0.385. The Hall–Kier alpha value is -2.15. The van der Waals surface area contributed by atoms with Crippen molar-refractivity contribution in [1.29, 1.82) is 0 Å². The largest absolute Gasteiger partial charge is 0.502 e. The average molecular weight is 294 g/mol. The third kappa shape index (κ3) is 3.69. The molecule has 1 aliphatic heterocycles. The molecule has 1 heterocycles. The maximum Gasteiger partial charge on any atom is 0.310 e. The highest BCUT2D eigenvalue weighted by molar-refractivity contribution is 5.95. The lowest BCUT2D eigenvalue weighted by Gasteiger charge is -2.33. The number of nitro benzene ring substituents is 1. The summed E-state index contributed by atoms with van der Waals surface area (Å²) in [4.78, 5) is 22.0. The number of benzene rings is 1. The second-order valence-corrected chi connectivity index (χ2v) is 5.57. The second-order valence-electron chi connectivity index (χ2n) is 5.57. The summed E-state index contributed by atoms with van der Waals surface area (Å²) in [6, 6.07) is 3.57. The van der Waals surface area contributed by atoms with Gasteiger partial charge in [-0.1, -0.05) is 6.92 Å². The molecule has 7 nitrogen and oxygen atoms in total. The highest BCUT2D eigenvalue weighted by atomic mass is 16.6. The van der Waals surface area contributed by atoms with E-state index in [0.29, 0.717) is 19.8 Å². The van der Waals surface area contributed by atoms with Gasteiger partial charge in [0.1, 0.15) is 0 Å². The first kappa shape index (κ1) is 15.2. The molecule has 0 unspecified atom stereocenters. The first-order valence-corrected chi connectivity index (χ1v) is 6.75. The fourth-order valence-corrected chi connectivity index (χ4v) is 2.26. The number of hydrogen-bond donors (Lipinski definition) is 2. The van der Waals surface area contributed by atoms with Crippen LogP contribution in [-0.4, -0.2) is 35.7 Å². The van der Waals surface area contributed by atoms with Crippen LogP contribution in [-0.2, 0) is 4.74 Å². The van der Waals surface area contributed by atoms with Crippen LogP contribution in [0.15, 0.2) is 18.2 Å². The molecule has 0 spiro atoms. The van der Waals surface area contributed by atoms with E-state index < -0.39 is 16.4 Å². The van der Waals surface area contributed by atoms with E-state index in [1.165, 1.54) is 6.07 Å². The molecule has 114 valence electrons. The molecule has 1 amide bonds. The molecular weight excluding hydrogens is 276 g/mol. The Morgan fingerprint density at radius 2 is 2.14 bits per heavy atom. The third-order valence-electron chi connectivity index (χ3n) is 3.81. The van der Waals surface area contributed by atoms with Crippen molar-refractivity contribution >= 4 is 11.6 Å². The number of nitrogens with zero attached hydrogens (tertiary/aromatic N) is 1. The van der Waals surface area contributed by atoms with Gasteiger partial charge >= 0.3 is 5.69 Å². The molecule has 0 bridgehead atoms. The molecule has 21 heavy (non-hydrogen) atoms. The van der Waals surface area contributed by atoms with Crippen molar-refractivity contribution in [3.63, 3.8) is 0 Å². The van der Waals surface area contributed by atoms with Gasteiger partial charge < -0.3 is 15.2 Å². The molecule has 2 N–H and O–H groups in total. The van der Waals surface area contributed by atoms with E-state index in [0.717, 1.165) is 25.0 Å². The molecule has 7 heteroatoms. The summed E-state index contributed by atoms with van der Waals surface area (Å²) in [5, 5.41) is 23.0. The van der Waals surface area contributed by atoms with Crippen LogP contribution >= 0.6 is 0 Å². The van der Waals surface area contributed by atoms with Crippen molar-refractivity contribution in [3.05, 3.63) is 33.9 Å². The highest BCUT2D eigenvalue weighted by Crippen LogP contribution is 2.29. The molecule has 0 saturated carbocycles. The first-order chi connectivity index (χ1) is 9.91. The lowest BCUT2D eigenvalue weighted by atomic mass is 9.82. The number of phenols is 1. The maximum absolute atomic E-state index is 12.0. The summed E-state index contributed by atoms with van der Waals surface area (Å²) < 4.78 is 5.30. The van der Waals surface area contributed by atoms with Crippen LogP contribution in [0.4, 0.5) is 5.69 Å². The smallest absolute Gasteiger partial charge is 0.310 e. The minimum Gasteiger partial charge on any atom is -0.502 e. The molecular formula is C14H18N2O5. The summed E-state index contributed by atoms with van der Waals surface area (Å²) >= 11 is 0. The number of hydrogen-bond acceptors (Lipinski definition) is 5. The zero-order valence-corrected chi connectivity index (χ0v) is 11.8. The SMILES string of the molecule is CC1(CNC(=O)c2ccc([N+](=O)[O-])c(O)c2)CCOCC1. The second kappa shape index (κ2) is 6.09. The summed E-state index contributed by atoms with van der Waals surface area (Å²) in [5.74, 6) is -0.863. The molecule has 1 aromatic carbocycles. The minimum absolute atomic E-state index is 0.00324. The number of nitro groups is 1. The molecule has 2 rings (SSSR count). The van der Waals surface area contributed by atoms with Gasteiger partial charge in [0.05, 0.1) is 4.92 Å². The van der Waals surface area contributed by atoms with Crippen LogP contribution < -0.4 is 5.32 Å². The van der Waals surface area contributed by atoms with Crippen molar-refractivity contribution in [3.8, 4) is 5.75 Å². The number of aromatic hydroxyl groups is 1. The Morgan fingerprint density at radius 3 is 2.71 bits per heavy atom. The monoisotopic (exact) mass is 294 g/mol. The van der Waals surface area contributed by atoms with E-state index in [9.17, 15) is 20.0 Å². The van der Waals surface area contributed by atoms with E-state index in [1.54, 1.807) is 0 Å². The number of phenolic OH excluding ortho intramolecular Hbond substituents is 1. The standard InChI is InChI=1S/C14H18N2O5/c1-14(4-6-21-7-5-14)9-15-13(18)10-2-3-11(16(19)20)12(17)8-10/h2-3,8,17H,4-7,9H2,1H3,(H,15,18). The molecule has 1 aliphatic rings. The number of ether oxygens (including phenoxy) is 1. The van der Waals surface area contributed by atoms with Crippen LogP contribution in [0.5, 0.6) is 5.75 Å². The predicted molar refractivity (Wildman–Crippen MR) is 75.3 cm³/mol. The summed E-state index contributed by atoms with van der Waals surface area (Å²) in [5.41, 5.74) is -0.215. The van der Waals surface area contributed by atoms with Crippen LogP contribution in [0.2, 0.25) is 0 Å². The minimum atomic E-state index is -0.694. The Labute approximate surface area is 122 Å². The van der Waals surface area contributed by atoms with Gasteiger partial charge in [0.25, 0.3) is 5.91 Å². The lowest BCUT2D eigenvalue weighted by Crippen LogP contribution is -2.39. The van der Waals surface area contributed by atoms with Crippen LogP contribution in [0, 0.1) is 15.5 Å². The molecule has 0 atom stereocenters. The average Bonchev–Trinajstić information content (AvgIpc) is 2.45. The fraction of sp³-hybridized carbons (Fsp3) is 0.500. The van der Waals surface area contributed by atoms with Crippen molar-refractivity contribution in [2.24, 2.45) is 5.41 Å². The molecule has 0 radical (unpaired) electrons. The third-order valence-corrected chi connectivity index (χ3v) is 3.81. The number of carbonyl (C=O) groups is 1. The van der Waals surface area contributed by atoms with Crippen molar-refractivity contribution < 1.29 is 19.6 Å². The first-order valence-electron chi connectivity index (χ1n) is 6.75. The summed E-state index contributed by atoms with van der Waals surface area (Å²) in [6.45, 7) is 3.96. The number of carbonyl (C=O) groups excluding carboxylic acids is 1. The van der Waals surface area contributed by atoms with Gasteiger partial charge in [-0.2, -0.15) is 0 Å². The highest BCUT2D eigenvalue weighted by Gasteiger charge is 2.28. The molecule has 1 aromatic rings. The van der Waals surface area contributed by atoms with Crippen molar-refractivity contribution in [2.75, 3.05) is 19.8 Å². The molecule has 1 fully saturated rings. The normalized spacial score (nSPS) is 17.2. The topological polar surface area (TPSA) is 102 Å². The van der Waals surface area contributed by atoms with Gasteiger partial charge in [-0.15, -0.1) is 0 Å². The molecule has 1 saturated heterocycles. The van der Waals surface area contributed by atoms with E-state index >= 15 is 0 Å². The quantitative estimate of drug-likeness (QED) is 0.651.